The zero-order chi connectivity index (χ0) is 23.3. The van der Waals surface area contributed by atoms with Gasteiger partial charge in [0.25, 0.3) is 0 Å². The van der Waals surface area contributed by atoms with Crippen LogP contribution in [-0.4, -0.2) is 43.5 Å². The Morgan fingerprint density at radius 2 is 1.88 bits per heavy atom. The van der Waals surface area contributed by atoms with Gasteiger partial charge < -0.3 is 19.9 Å². The van der Waals surface area contributed by atoms with Crippen LogP contribution in [-0.2, 0) is 22.6 Å². The molecule has 0 fully saturated rings. The highest BCUT2D eigenvalue weighted by Crippen LogP contribution is 2.40. The van der Waals surface area contributed by atoms with E-state index in [2.05, 4.69) is 23.3 Å². The molecular formula is C25H34N4O3. The van der Waals surface area contributed by atoms with Crippen LogP contribution in [0.1, 0.15) is 45.4 Å². The average Bonchev–Trinajstić information content (AvgIpc) is 2.85. The highest BCUT2D eigenvalue weighted by molar-refractivity contribution is 6.20. The van der Waals surface area contributed by atoms with Crippen LogP contribution in [0.5, 0.6) is 5.75 Å². The SMILES string of the molecule is CCc1ncccc1CNCCCOc1ccc2c(c1)N(C)C(=O)C(C)(C)C(=O)N2CC. The molecule has 0 bridgehead atoms. The number of anilines is 2. The van der Waals surface area contributed by atoms with E-state index >= 15 is 0 Å². The average molecular weight is 439 g/mol. The first kappa shape index (κ1) is 23.7. The summed E-state index contributed by atoms with van der Waals surface area (Å²) >= 11 is 0. The predicted molar refractivity (Wildman–Crippen MR) is 127 cm³/mol. The number of carbonyl (C=O) groups is 2. The molecule has 0 saturated heterocycles. The molecule has 1 aromatic heterocycles. The number of rotatable bonds is 9. The van der Waals surface area contributed by atoms with Gasteiger partial charge in [0.05, 0.1) is 18.0 Å². The van der Waals surface area contributed by atoms with E-state index in [1.54, 1.807) is 30.7 Å². The Morgan fingerprint density at radius 3 is 2.59 bits per heavy atom. The number of hydrogen-bond donors (Lipinski definition) is 1. The first-order chi connectivity index (χ1) is 15.3. The molecule has 0 unspecified atom stereocenters. The van der Waals surface area contributed by atoms with Crippen molar-refractivity contribution in [1.29, 1.82) is 0 Å². The van der Waals surface area contributed by atoms with Gasteiger partial charge in [0, 0.05) is 38.1 Å². The van der Waals surface area contributed by atoms with E-state index in [9.17, 15) is 9.59 Å². The summed E-state index contributed by atoms with van der Waals surface area (Å²) in [5.74, 6) is 0.283. The van der Waals surface area contributed by atoms with Gasteiger partial charge in [-0.15, -0.1) is 0 Å². The summed E-state index contributed by atoms with van der Waals surface area (Å²) in [5.41, 5.74) is 2.67. The molecule has 172 valence electrons. The summed E-state index contributed by atoms with van der Waals surface area (Å²) in [4.78, 5) is 33.5. The van der Waals surface area contributed by atoms with E-state index in [4.69, 9.17) is 4.74 Å². The molecule has 0 spiro atoms. The Hall–Kier alpha value is -2.93. The van der Waals surface area contributed by atoms with Gasteiger partial charge in [0.15, 0.2) is 0 Å². The number of aryl methyl sites for hydroxylation is 1. The van der Waals surface area contributed by atoms with Crippen molar-refractivity contribution in [3.05, 3.63) is 47.8 Å². The van der Waals surface area contributed by atoms with Crippen molar-refractivity contribution in [2.75, 3.05) is 36.5 Å². The van der Waals surface area contributed by atoms with E-state index < -0.39 is 5.41 Å². The molecule has 2 heterocycles. The minimum absolute atomic E-state index is 0.185. The summed E-state index contributed by atoms with van der Waals surface area (Å²) in [6.07, 6.45) is 3.60. The molecule has 1 aliphatic heterocycles. The number of aromatic nitrogens is 1. The van der Waals surface area contributed by atoms with E-state index in [1.165, 1.54) is 5.56 Å². The van der Waals surface area contributed by atoms with Crippen molar-refractivity contribution in [3.63, 3.8) is 0 Å². The number of hydrogen-bond acceptors (Lipinski definition) is 5. The van der Waals surface area contributed by atoms with E-state index in [0.717, 1.165) is 37.3 Å². The molecule has 7 nitrogen and oxygen atoms in total. The minimum Gasteiger partial charge on any atom is -0.493 e. The summed E-state index contributed by atoms with van der Waals surface area (Å²) in [7, 11) is 1.71. The molecule has 32 heavy (non-hydrogen) atoms. The molecule has 7 heteroatoms. The van der Waals surface area contributed by atoms with Crippen LogP contribution in [0.3, 0.4) is 0 Å². The number of carbonyl (C=O) groups excluding carboxylic acids is 2. The molecule has 1 aromatic carbocycles. The van der Waals surface area contributed by atoms with E-state index in [-0.39, 0.29) is 11.8 Å². The molecule has 2 amide bonds. The van der Waals surface area contributed by atoms with Crippen molar-refractivity contribution in [3.8, 4) is 5.75 Å². The zero-order valence-electron chi connectivity index (χ0n) is 19.8. The first-order valence-electron chi connectivity index (χ1n) is 11.3. The van der Waals surface area contributed by atoms with Crippen molar-refractivity contribution < 1.29 is 14.3 Å². The van der Waals surface area contributed by atoms with Gasteiger partial charge in [-0.3, -0.25) is 14.6 Å². The Morgan fingerprint density at radius 1 is 1.09 bits per heavy atom. The number of ether oxygens (including phenoxy) is 1. The van der Waals surface area contributed by atoms with Crippen molar-refractivity contribution >= 4 is 23.2 Å². The van der Waals surface area contributed by atoms with Crippen LogP contribution in [0.2, 0.25) is 0 Å². The summed E-state index contributed by atoms with van der Waals surface area (Å²) < 4.78 is 5.95. The lowest BCUT2D eigenvalue weighted by Gasteiger charge is -2.27. The minimum atomic E-state index is -1.11. The fourth-order valence-corrected chi connectivity index (χ4v) is 4.03. The number of nitrogens with zero attached hydrogens (tertiary/aromatic N) is 3. The molecule has 3 rings (SSSR count). The third-order valence-corrected chi connectivity index (χ3v) is 5.94. The normalized spacial score (nSPS) is 15.5. The molecule has 1 aliphatic rings. The largest absolute Gasteiger partial charge is 0.493 e. The number of benzene rings is 1. The smallest absolute Gasteiger partial charge is 0.242 e. The topological polar surface area (TPSA) is 74.8 Å². The molecule has 0 aliphatic carbocycles. The van der Waals surface area contributed by atoms with Crippen LogP contribution < -0.4 is 19.9 Å². The first-order valence-corrected chi connectivity index (χ1v) is 11.3. The fourth-order valence-electron chi connectivity index (χ4n) is 4.03. The van der Waals surface area contributed by atoms with Gasteiger partial charge >= 0.3 is 0 Å². The lowest BCUT2D eigenvalue weighted by molar-refractivity contribution is -0.137. The Kier molecular flexibility index (Phi) is 7.51. The Labute approximate surface area is 190 Å². The molecular weight excluding hydrogens is 404 g/mol. The van der Waals surface area contributed by atoms with E-state index in [1.807, 2.05) is 37.4 Å². The van der Waals surface area contributed by atoms with Crippen LogP contribution in [0.25, 0.3) is 0 Å². The summed E-state index contributed by atoms with van der Waals surface area (Å²) in [6, 6.07) is 9.65. The van der Waals surface area contributed by atoms with Crippen molar-refractivity contribution in [2.45, 2.75) is 47.1 Å². The zero-order valence-corrected chi connectivity index (χ0v) is 19.8. The highest BCUT2D eigenvalue weighted by atomic mass is 16.5. The lowest BCUT2D eigenvalue weighted by atomic mass is 9.90. The second-order valence-corrected chi connectivity index (χ2v) is 8.53. The van der Waals surface area contributed by atoms with Gasteiger partial charge in [0.2, 0.25) is 11.8 Å². The van der Waals surface area contributed by atoms with Crippen LogP contribution >= 0.6 is 0 Å². The predicted octanol–water partition coefficient (Wildman–Crippen LogP) is 3.56. The van der Waals surface area contributed by atoms with Crippen LogP contribution in [0.4, 0.5) is 11.4 Å². The third kappa shape index (κ3) is 4.78. The molecule has 2 aromatic rings. The van der Waals surface area contributed by atoms with Crippen LogP contribution in [0.15, 0.2) is 36.5 Å². The van der Waals surface area contributed by atoms with Gasteiger partial charge in [-0.05, 0) is 63.9 Å². The maximum absolute atomic E-state index is 13.0. The summed E-state index contributed by atoms with van der Waals surface area (Å²) in [6.45, 7) is 10.1. The number of pyridine rings is 1. The summed E-state index contributed by atoms with van der Waals surface area (Å²) in [5, 5.41) is 3.44. The quantitative estimate of drug-likeness (QED) is 0.479. The van der Waals surface area contributed by atoms with Gasteiger partial charge in [-0.25, -0.2) is 0 Å². The van der Waals surface area contributed by atoms with E-state index in [0.29, 0.717) is 24.6 Å². The highest BCUT2D eigenvalue weighted by Gasteiger charge is 2.45. The molecule has 0 atom stereocenters. The maximum Gasteiger partial charge on any atom is 0.242 e. The lowest BCUT2D eigenvalue weighted by Crippen LogP contribution is -2.47. The number of nitrogens with one attached hydrogen (secondary N) is 1. The molecule has 0 radical (unpaired) electrons. The van der Waals surface area contributed by atoms with Crippen molar-refractivity contribution in [1.82, 2.24) is 10.3 Å². The third-order valence-electron chi connectivity index (χ3n) is 5.94. The van der Waals surface area contributed by atoms with Gasteiger partial charge in [0.1, 0.15) is 11.2 Å². The Bertz CT molecular complexity index is 973. The molecule has 0 saturated carbocycles. The van der Waals surface area contributed by atoms with Crippen molar-refractivity contribution in [2.24, 2.45) is 5.41 Å². The number of fused-ring (bicyclic) bond motifs is 1. The maximum atomic E-state index is 13.0. The standard InChI is InChI=1S/C25H34N4O3/c1-6-20-18(10-8-14-27-20)17-26-13-9-15-32-19-11-12-21-22(16-19)28(5)23(30)25(3,4)24(31)29(21)7-2/h8,10-12,14,16,26H,6-7,9,13,15,17H2,1-5H3. The number of amides is 2. The fraction of sp³-hybridized carbons (Fsp3) is 0.480. The molecule has 1 N–H and O–H groups in total. The second kappa shape index (κ2) is 10.1. The van der Waals surface area contributed by atoms with Gasteiger partial charge in [-0.2, -0.15) is 0 Å². The monoisotopic (exact) mass is 438 g/mol. The Balaban J connectivity index is 1.60. The van der Waals surface area contributed by atoms with Gasteiger partial charge in [-0.1, -0.05) is 13.0 Å². The van der Waals surface area contributed by atoms with Crippen LogP contribution in [0, 0.1) is 5.41 Å². The second-order valence-electron chi connectivity index (χ2n) is 8.53.